The van der Waals surface area contributed by atoms with E-state index in [9.17, 15) is 4.79 Å². The Kier molecular flexibility index (Phi) is 5.11. The molecule has 126 valence electrons. The monoisotopic (exact) mass is 325 g/mol. The number of carboxylic acids is 1. The topological polar surface area (TPSA) is 65.5 Å². The molecule has 1 saturated heterocycles. The van der Waals surface area contributed by atoms with Gasteiger partial charge in [-0.1, -0.05) is 6.07 Å². The highest BCUT2D eigenvalue weighted by atomic mass is 16.4. The Bertz CT molecular complexity index is 675. The molecule has 3 rings (SSSR count). The summed E-state index contributed by atoms with van der Waals surface area (Å²) in [5.74, 6) is -0.880. The molecule has 0 saturated carbocycles. The number of hydrogen-bond acceptors (Lipinski definition) is 4. The number of hydrogen-bond donors (Lipinski definition) is 2. The second-order valence-electron chi connectivity index (χ2n) is 6.32. The number of pyridine rings is 1. The number of aromatic carboxylic acids is 1. The predicted molar refractivity (Wildman–Crippen MR) is 94.5 cm³/mol. The second kappa shape index (κ2) is 7.45. The summed E-state index contributed by atoms with van der Waals surface area (Å²) >= 11 is 0. The molecule has 0 atom stereocenters. The minimum Gasteiger partial charge on any atom is -0.478 e. The summed E-state index contributed by atoms with van der Waals surface area (Å²) in [6.07, 6.45) is 4.06. The zero-order valence-corrected chi connectivity index (χ0v) is 13.9. The molecule has 1 aromatic carbocycles. The SMILES string of the molecule is Cc1ccc(CNC2CCN(c3ccc(C(=O)O)cc3)CC2)nc1. The molecule has 5 nitrogen and oxygen atoms in total. The van der Waals surface area contributed by atoms with Crippen molar-refractivity contribution in [3.63, 3.8) is 0 Å². The van der Waals surface area contributed by atoms with Gasteiger partial charge in [-0.05, 0) is 55.7 Å². The Morgan fingerprint density at radius 2 is 1.92 bits per heavy atom. The first kappa shape index (κ1) is 16.5. The molecule has 1 aliphatic rings. The van der Waals surface area contributed by atoms with E-state index >= 15 is 0 Å². The molecule has 0 aliphatic carbocycles. The van der Waals surface area contributed by atoms with E-state index in [1.54, 1.807) is 12.1 Å². The fourth-order valence-corrected chi connectivity index (χ4v) is 3.01. The smallest absolute Gasteiger partial charge is 0.335 e. The first-order valence-electron chi connectivity index (χ1n) is 8.35. The number of anilines is 1. The zero-order valence-electron chi connectivity index (χ0n) is 13.9. The van der Waals surface area contributed by atoms with Gasteiger partial charge in [-0.2, -0.15) is 0 Å². The molecule has 1 aromatic heterocycles. The Hall–Kier alpha value is -2.40. The van der Waals surface area contributed by atoms with Crippen LogP contribution in [0.1, 0.15) is 34.5 Å². The Morgan fingerprint density at radius 1 is 1.21 bits per heavy atom. The molecular weight excluding hydrogens is 302 g/mol. The van der Waals surface area contributed by atoms with Crippen LogP contribution in [0.15, 0.2) is 42.6 Å². The number of aryl methyl sites for hydroxylation is 1. The van der Waals surface area contributed by atoms with Crippen LogP contribution in [0.5, 0.6) is 0 Å². The molecule has 0 unspecified atom stereocenters. The van der Waals surface area contributed by atoms with E-state index in [1.165, 1.54) is 5.56 Å². The van der Waals surface area contributed by atoms with Crippen molar-refractivity contribution in [1.82, 2.24) is 10.3 Å². The van der Waals surface area contributed by atoms with E-state index in [-0.39, 0.29) is 0 Å². The third-order valence-corrected chi connectivity index (χ3v) is 4.52. The van der Waals surface area contributed by atoms with Gasteiger partial charge < -0.3 is 15.3 Å². The average Bonchev–Trinajstić information content (AvgIpc) is 2.62. The lowest BCUT2D eigenvalue weighted by atomic mass is 10.0. The van der Waals surface area contributed by atoms with Gasteiger partial charge in [0, 0.05) is 37.6 Å². The third kappa shape index (κ3) is 4.11. The minimum absolute atomic E-state index is 0.334. The van der Waals surface area contributed by atoms with Gasteiger partial charge in [0.15, 0.2) is 0 Å². The molecule has 0 radical (unpaired) electrons. The summed E-state index contributed by atoms with van der Waals surface area (Å²) in [5.41, 5.74) is 3.69. The van der Waals surface area contributed by atoms with Crippen molar-refractivity contribution in [1.29, 1.82) is 0 Å². The molecule has 0 amide bonds. The van der Waals surface area contributed by atoms with Crippen molar-refractivity contribution >= 4 is 11.7 Å². The molecule has 1 aliphatic heterocycles. The van der Waals surface area contributed by atoms with E-state index in [1.807, 2.05) is 25.3 Å². The van der Waals surface area contributed by atoms with E-state index in [0.717, 1.165) is 43.9 Å². The quantitative estimate of drug-likeness (QED) is 0.885. The van der Waals surface area contributed by atoms with Crippen LogP contribution in [0.3, 0.4) is 0 Å². The summed E-state index contributed by atoms with van der Waals surface area (Å²) in [4.78, 5) is 17.7. The molecule has 0 spiro atoms. The second-order valence-corrected chi connectivity index (χ2v) is 6.32. The maximum atomic E-state index is 10.9. The van der Waals surface area contributed by atoms with Gasteiger partial charge in [-0.3, -0.25) is 4.98 Å². The largest absolute Gasteiger partial charge is 0.478 e. The number of nitrogens with zero attached hydrogens (tertiary/aromatic N) is 2. The number of piperidine rings is 1. The molecule has 2 heterocycles. The highest BCUT2D eigenvalue weighted by molar-refractivity contribution is 5.88. The van der Waals surface area contributed by atoms with Gasteiger partial charge in [0.25, 0.3) is 0 Å². The first-order valence-corrected chi connectivity index (χ1v) is 8.35. The number of aromatic nitrogens is 1. The highest BCUT2D eigenvalue weighted by Crippen LogP contribution is 2.20. The molecule has 0 bridgehead atoms. The van der Waals surface area contributed by atoms with E-state index in [4.69, 9.17) is 5.11 Å². The Morgan fingerprint density at radius 3 is 2.50 bits per heavy atom. The van der Waals surface area contributed by atoms with E-state index in [0.29, 0.717) is 11.6 Å². The number of carbonyl (C=O) groups is 1. The summed E-state index contributed by atoms with van der Waals surface area (Å²) in [6, 6.07) is 11.8. The van der Waals surface area contributed by atoms with Crippen LogP contribution < -0.4 is 10.2 Å². The van der Waals surface area contributed by atoms with Crippen LogP contribution in [0.25, 0.3) is 0 Å². The lowest BCUT2D eigenvalue weighted by Gasteiger charge is -2.34. The van der Waals surface area contributed by atoms with Gasteiger partial charge >= 0.3 is 5.97 Å². The fraction of sp³-hybridized carbons (Fsp3) is 0.368. The molecule has 24 heavy (non-hydrogen) atoms. The van der Waals surface area contributed by atoms with Crippen molar-refractivity contribution in [2.24, 2.45) is 0 Å². The standard InChI is InChI=1S/C19H23N3O2/c1-14-2-5-17(20-12-14)13-21-16-8-10-22(11-9-16)18-6-3-15(4-7-18)19(23)24/h2-7,12,16,21H,8-11,13H2,1H3,(H,23,24). The maximum absolute atomic E-state index is 10.9. The van der Waals surface area contributed by atoms with Crippen LogP contribution in [0.2, 0.25) is 0 Å². The predicted octanol–water partition coefficient (Wildman–Crippen LogP) is 2.85. The number of carboxylic acid groups (broad SMARTS) is 1. The summed E-state index contributed by atoms with van der Waals surface area (Å²) < 4.78 is 0. The molecular formula is C19H23N3O2. The van der Waals surface area contributed by atoms with Gasteiger partial charge in [0.1, 0.15) is 0 Å². The number of nitrogens with one attached hydrogen (secondary N) is 1. The van der Waals surface area contributed by atoms with Gasteiger partial charge in [0.05, 0.1) is 11.3 Å². The summed E-state index contributed by atoms with van der Waals surface area (Å²) in [6.45, 7) is 4.80. The van der Waals surface area contributed by atoms with Crippen LogP contribution >= 0.6 is 0 Å². The summed E-state index contributed by atoms with van der Waals surface area (Å²) in [7, 11) is 0. The Balaban J connectivity index is 1.48. The average molecular weight is 325 g/mol. The summed E-state index contributed by atoms with van der Waals surface area (Å²) in [5, 5.41) is 12.5. The first-order chi connectivity index (χ1) is 11.6. The highest BCUT2D eigenvalue weighted by Gasteiger charge is 2.19. The Labute approximate surface area is 142 Å². The zero-order chi connectivity index (χ0) is 16.9. The van der Waals surface area contributed by atoms with Crippen LogP contribution in [0, 0.1) is 6.92 Å². The number of rotatable bonds is 5. The maximum Gasteiger partial charge on any atom is 0.335 e. The van der Waals surface area contributed by atoms with Crippen LogP contribution in [0.4, 0.5) is 5.69 Å². The number of benzene rings is 1. The molecule has 2 N–H and O–H groups in total. The lowest BCUT2D eigenvalue weighted by molar-refractivity contribution is 0.0697. The van der Waals surface area contributed by atoms with E-state index < -0.39 is 5.97 Å². The fourth-order valence-electron chi connectivity index (χ4n) is 3.01. The molecule has 2 aromatic rings. The van der Waals surface area contributed by atoms with Crippen LogP contribution in [-0.2, 0) is 6.54 Å². The van der Waals surface area contributed by atoms with Gasteiger partial charge in [-0.15, -0.1) is 0 Å². The van der Waals surface area contributed by atoms with Crippen molar-refractivity contribution in [3.05, 3.63) is 59.4 Å². The van der Waals surface area contributed by atoms with E-state index in [2.05, 4.69) is 27.3 Å². The normalized spacial score (nSPS) is 15.5. The molecule has 5 heteroatoms. The van der Waals surface area contributed by atoms with Crippen LogP contribution in [-0.4, -0.2) is 35.2 Å². The van der Waals surface area contributed by atoms with Gasteiger partial charge in [0.2, 0.25) is 0 Å². The molecule has 1 fully saturated rings. The van der Waals surface area contributed by atoms with Crippen molar-refractivity contribution in [3.8, 4) is 0 Å². The lowest BCUT2D eigenvalue weighted by Crippen LogP contribution is -2.42. The van der Waals surface area contributed by atoms with Crippen molar-refractivity contribution in [2.45, 2.75) is 32.4 Å². The van der Waals surface area contributed by atoms with Gasteiger partial charge in [-0.25, -0.2) is 4.79 Å². The minimum atomic E-state index is -0.880. The third-order valence-electron chi connectivity index (χ3n) is 4.52. The van der Waals surface area contributed by atoms with Crippen molar-refractivity contribution < 1.29 is 9.90 Å². The van der Waals surface area contributed by atoms with Crippen molar-refractivity contribution in [2.75, 3.05) is 18.0 Å².